The summed E-state index contributed by atoms with van der Waals surface area (Å²) < 4.78 is 8.04. The summed E-state index contributed by atoms with van der Waals surface area (Å²) in [5.41, 5.74) is 2.95. The number of carbonyl (C=O) groups excluding carboxylic acids is 1. The molecule has 5 rings (SSSR count). The second kappa shape index (κ2) is 8.68. The fourth-order valence-corrected chi connectivity index (χ4v) is 4.60. The highest BCUT2D eigenvalue weighted by Gasteiger charge is 2.27. The fraction of sp³-hybridized carbons (Fsp3) is 0.304. The third kappa shape index (κ3) is 4.21. The Bertz CT molecular complexity index is 1270. The van der Waals surface area contributed by atoms with Crippen molar-refractivity contribution in [3.63, 3.8) is 0 Å². The van der Waals surface area contributed by atoms with Crippen LogP contribution < -0.4 is 5.32 Å². The molecule has 1 N–H and O–H groups in total. The lowest BCUT2D eigenvalue weighted by atomic mass is 10.2. The summed E-state index contributed by atoms with van der Waals surface area (Å²) in [6.07, 6.45) is -0.270. The summed E-state index contributed by atoms with van der Waals surface area (Å²) in [5, 5.41) is 14.0. The van der Waals surface area contributed by atoms with Crippen LogP contribution in [-0.4, -0.2) is 50.3 Å². The van der Waals surface area contributed by atoms with E-state index in [2.05, 4.69) is 43.3 Å². The highest BCUT2D eigenvalue weighted by atomic mass is 32.1. The second-order valence-corrected chi connectivity index (χ2v) is 9.01. The Morgan fingerprint density at radius 3 is 2.91 bits per heavy atom. The quantitative estimate of drug-likeness (QED) is 0.499. The summed E-state index contributed by atoms with van der Waals surface area (Å²) in [6, 6.07) is 16.0. The van der Waals surface area contributed by atoms with Gasteiger partial charge in [-0.1, -0.05) is 35.6 Å². The van der Waals surface area contributed by atoms with Crippen molar-refractivity contribution in [2.24, 2.45) is 0 Å². The van der Waals surface area contributed by atoms with Gasteiger partial charge in [0.25, 0.3) is 0 Å². The van der Waals surface area contributed by atoms with E-state index in [-0.39, 0.29) is 12.0 Å². The summed E-state index contributed by atoms with van der Waals surface area (Å²) in [5.74, 6) is 0.765. The molecular formula is C23H24N6O2S. The number of rotatable bonds is 5. The molecule has 164 valence electrons. The number of nitrogens with zero attached hydrogens (tertiary/aromatic N) is 5. The number of anilines is 2. The lowest BCUT2D eigenvalue weighted by Gasteiger charge is -2.33. The molecule has 1 aliphatic rings. The Morgan fingerprint density at radius 1 is 1.19 bits per heavy atom. The predicted molar refractivity (Wildman–Crippen MR) is 124 cm³/mol. The van der Waals surface area contributed by atoms with E-state index in [0.717, 1.165) is 27.3 Å². The van der Waals surface area contributed by atoms with E-state index in [9.17, 15) is 4.79 Å². The standard InChI is InChI=1S/C23H24N6O2S/c1-15-12-17-6-3-4-8-19(17)29(15)14-22(30)28-10-11-31-20(13-28)18-7-5-9-21(24-18)25-23-27-26-16(2)32-23/h3-9,12,20H,10-11,13-14H2,1-2H3,(H,24,25,27)/t20-/m1/s1. The first-order valence-electron chi connectivity index (χ1n) is 10.5. The monoisotopic (exact) mass is 448 g/mol. The number of hydrogen-bond acceptors (Lipinski definition) is 7. The van der Waals surface area contributed by atoms with E-state index < -0.39 is 0 Å². The maximum atomic E-state index is 13.2. The molecule has 3 aromatic heterocycles. The van der Waals surface area contributed by atoms with E-state index >= 15 is 0 Å². The fourth-order valence-electron chi connectivity index (χ4n) is 4.01. The number of benzene rings is 1. The molecule has 0 radical (unpaired) electrons. The number of amides is 1. The van der Waals surface area contributed by atoms with Crippen LogP contribution in [0.5, 0.6) is 0 Å². The molecule has 4 heterocycles. The average molecular weight is 449 g/mol. The minimum Gasteiger partial charge on any atom is -0.368 e. The molecule has 0 spiro atoms. The van der Waals surface area contributed by atoms with Gasteiger partial charge in [0.2, 0.25) is 11.0 Å². The van der Waals surface area contributed by atoms with Crippen LogP contribution in [0.3, 0.4) is 0 Å². The van der Waals surface area contributed by atoms with Crippen molar-refractivity contribution in [3.8, 4) is 0 Å². The number of ether oxygens (including phenoxy) is 1. The number of hydrogen-bond donors (Lipinski definition) is 1. The van der Waals surface area contributed by atoms with Crippen molar-refractivity contribution in [1.29, 1.82) is 0 Å². The van der Waals surface area contributed by atoms with E-state index in [1.165, 1.54) is 11.3 Å². The number of aromatic nitrogens is 4. The molecule has 32 heavy (non-hydrogen) atoms. The lowest BCUT2D eigenvalue weighted by molar-refractivity contribution is -0.139. The van der Waals surface area contributed by atoms with Crippen LogP contribution in [0.4, 0.5) is 10.9 Å². The number of aryl methyl sites for hydroxylation is 2. The first-order chi connectivity index (χ1) is 15.6. The Hall–Kier alpha value is -3.30. The molecule has 1 aliphatic heterocycles. The van der Waals surface area contributed by atoms with Gasteiger partial charge < -0.3 is 19.5 Å². The zero-order valence-electron chi connectivity index (χ0n) is 18.0. The number of pyridine rings is 1. The SMILES string of the molecule is Cc1nnc(Nc2cccc([C@H]3CN(C(=O)Cn4c(C)cc5ccccc54)CCO3)n2)s1. The van der Waals surface area contributed by atoms with Gasteiger partial charge in [-0.25, -0.2) is 4.98 Å². The third-order valence-electron chi connectivity index (χ3n) is 5.59. The summed E-state index contributed by atoms with van der Waals surface area (Å²) >= 11 is 1.47. The Balaban J connectivity index is 1.29. The highest BCUT2D eigenvalue weighted by Crippen LogP contribution is 2.25. The number of para-hydroxylation sites is 1. The van der Waals surface area contributed by atoms with Gasteiger partial charge >= 0.3 is 0 Å². The number of carbonyl (C=O) groups is 1. The molecule has 1 saturated heterocycles. The minimum absolute atomic E-state index is 0.0846. The van der Waals surface area contributed by atoms with Gasteiger partial charge in [-0.15, -0.1) is 10.2 Å². The molecule has 1 amide bonds. The molecule has 0 bridgehead atoms. The highest BCUT2D eigenvalue weighted by molar-refractivity contribution is 7.15. The van der Waals surface area contributed by atoms with Gasteiger partial charge in [0, 0.05) is 17.8 Å². The largest absolute Gasteiger partial charge is 0.368 e. The topological polar surface area (TPSA) is 85.2 Å². The molecule has 9 heteroatoms. The van der Waals surface area contributed by atoms with Crippen LogP contribution in [0.25, 0.3) is 10.9 Å². The zero-order chi connectivity index (χ0) is 22.1. The predicted octanol–water partition coefficient (Wildman–Crippen LogP) is 3.85. The normalized spacial score (nSPS) is 16.4. The van der Waals surface area contributed by atoms with Gasteiger partial charge in [0.1, 0.15) is 23.5 Å². The van der Waals surface area contributed by atoms with Crippen molar-refractivity contribution in [2.45, 2.75) is 26.5 Å². The molecule has 1 atom stereocenters. The molecule has 4 aromatic rings. The maximum Gasteiger partial charge on any atom is 0.242 e. The van der Waals surface area contributed by atoms with E-state index in [1.807, 2.05) is 49.1 Å². The van der Waals surface area contributed by atoms with Crippen LogP contribution >= 0.6 is 11.3 Å². The summed E-state index contributed by atoms with van der Waals surface area (Å²) in [6.45, 7) is 5.80. The van der Waals surface area contributed by atoms with Crippen molar-refractivity contribution >= 4 is 39.1 Å². The summed E-state index contributed by atoms with van der Waals surface area (Å²) in [7, 11) is 0. The zero-order valence-corrected chi connectivity index (χ0v) is 18.8. The Kier molecular flexibility index (Phi) is 5.59. The van der Waals surface area contributed by atoms with Crippen LogP contribution in [-0.2, 0) is 16.1 Å². The van der Waals surface area contributed by atoms with Crippen LogP contribution in [0, 0.1) is 13.8 Å². The lowest BCUT2D eigenvalue weighted by Crippen LogP contribution is -2.43. The Labute approximate surface area is 189 Å². The number of fused-ring (bicyclic) bond motifs is 1. The van der Waals surface area contributed by atoms with Crippen molar-refractivity contribution in [1.82, 2.24) is 24.6 Å². The van der Waals surface area contributed by atoms with Gasteiger partial charge in [-0.05, 0) is 43.5 Å². The maximum absolute atomic E-state index is 13.2. The van der Waals surface area contributed by atoms with E-state index in [1.54, 1.807) is 0 Å². The second-order valence-electron chi connectivity index (χ2n) is 7.83. The molecule has 0 saturated carbocycles. The van der Waals surface area contributed by atoms with Crippen molar-refractivity contribution in [2.75, 3.05) is 25.0 Å². The molecule has 0 aliphatic carbocycles. The van der Waals surface area contributed by atoms with Crippen LogP contribution in [0.15, 0.2) is 48.5 Å². The van der Waals surface area contributed by atoms with E-state index in [4.69, 9.17) is 4.74 Å². The van der Waals surface area contributed by atoms with Gasteiger partial charge in [0.05, 0.1) is 18.8 Å². The summed E-state index contributed by atoms with van der Waals surface area (Å²) in [4.78, 5) is 19.7. The van der Waals surface area contributed by atoms with Gasteiger partial charge in [-0.3, -0.25) is 4.79 Å². The Morgan fingerprint density at radius 2 is 2.06 bits per heavy atom. The van der Waals surface area contributed by atoms with E-state index in [0.29, 0.717) is 37.2 Å². The number of nitrogens with one attached hydrogen (secondary N) is 1. The van der Waals surface area contributed by atoms with Crippen LogP contribution in [0.2, 0.25) is 0 Å². The van der Waals surface area contributed by atoms with Gasteiger partial charge in [0.15, 0.2) is 0 Å². The molecule has 8 nitrogen and oxygen atoms in total. The molecule has 0 unspecified atom stereocenters. The minimum atomic E-state index is -0.270. The molecule has 1 aromatic carbocycles. The smallest absolute Gasteiger partial charge is 0.242 e. The first-order valence-corrected chi connectivity index (χ1v) is 11.4. The van der Waals surface area contributed by atoms with Crippen LogP contribution in [0.1, 0.15) is 22.5 Å². The van der Waals surface area contributed by atoms with Crippen molar-refractivity contribution in [3.05, 3.63) is 64.9 Å². The van der Waals surface area contributed by atoms with Gasteiger partial charge in [-0.2, -0.15) is 0 Å². The molecule has 1 fully saturated rings. The number of morpholine rings is 1. The first kappa shape index (κ1) is 20.6. The van der Waals surface area contributed by atoms with Crippen molar-refractivity contribution < 1.29 is 9.53 Å². The average Bonchev–Trinajstić information content (AvgIpc) is 3.36. The molecular weight excluding hydrogens is 424 g/mol. The third-order valence-corrected chi connectivity index (χ3v) is 6.35.